The third-order valence-electron chi connectivity index (χ3n) is 3.88. The minimum atomic E-state index is -3.93. The fourth-order valence-electron chi connectivity index (χ4n) is 2.81. The summed E-state index contributed by atoms with van der Waals surface area (Å²) in [4.78, 5) is 11.5. The van der Waals surface area contributed by atoms with E-state index in [1.54, 1.807) is 32.9 Å². The van der Waals surface area contributed by atoms with Crippen molar-refractivity contribution in [3.63, 3.8) is 0 Å². The summed E-state index contributed by atoms with van der Waals surface area (Å²) in [6.45, 7) is 5.16. The fourth-order valence-corrected chi connectivity index (χ4v) is 5.29. The molecule has 1 atom stereocenters. The Morgan fingerprint density at radius 3 is 2.62 bits per heavy atom. The van der Waals surface area contributed by atoms with Crippen LogP contribution in [0.25, 0.3) is 0 Å². The third-order valence-corrected chi connectivity index (χ3v) is 6.38. The van der Waals surface area contributed by atoms with E-state index < -0.39 is 27.6 Å². The molecule has 1 aliphatic heterocycles. The molecule has 21 heavy (non-hydrogen) atoms. The first-order valence-corrected chi connectivity index (χ1v) is 8.43. The number of halogens is 1. The van der Waals surface area contributed by atoms with Gasteiger partial charge in [-0.1, -0.05) is 17.7 Å². The van der Waals surface area contributed by atoms with E-state index in [9.17, 15) is 18.3 Å². The molecule has 1 N–H and O–H groups in total. The summed E-state index contributed by atoms with van der Waals surface area (Å²) in [6.07, 6.45) is 0.810. The fraction of sp³-hybridized carbons (Fsp3) is 0.500. The lowest BCUT2D eigenvalue weighted by Gasteiger charge is -2.33. The summed E-state index contributed by atoms with van der Waals surface area (Å²) in [5.41, 5.74) is -0.192. The van der Waals surface area contributed by atoms with Crippen LogP contribution in [0, 0.1) is 6.92 Å². The maximum atomic E-state index is 12.9. The van der Waals surface area contributed by atoms with Crippen molar-refractivity contribution < 1.29 is 18.3 Å². The van der Waals surface area contributed by atoms with Gasteiger partial charge in [0, 0.05) is 10.6 Å². The molecule has 0 unspecified atom stereocenters. The van der Waals surface area contributed by atoms with E-state index in [-0.39, 0.29) is 4.90 Å². The quantitative estimate of drug-likeness (QED) is 0.924. The van der Waals surface area contributed by atoms with Crippen LogP contribution in [-0.2, 0) is 14.8 Å². The minimum Gasteiger partial charge on any atom is -0.480 e. The van der Waals surface area contributed by atoms with Gasteiger partial charge in [-0.15, -0.1) is 0 Å². The molecule has 116 valence electrons. The van der Waals surface area contributed by atoms with Crippen LogP contribution >= 0.6 is 11.6 Å². The Hall–Kier alpha value is -1.11. The van der Waals surface area contributed by atoms with Gasteiger partial charge in [0.2, 0.25) is 10.0 Å². The van der Waals surface area contributed by atoms with Crippen LogP contribution in [0.2, 0.25) is 5.02 Å². The number of carboxylic acids is 1. The second-order valence-electron chi connectivity index (χ2n) is 5.92. The molecule has 0 spiro atoms. The highest BCUT2D eigenvalue weighted by Crippen LogP contribution is 2.39. The lowest BCUT2D eigenvalue weighted by molar-refractivity contribution is -0.141. The molecule has 2 rings (SSSR count). The predicted octanol–water partition coefficient (Wildman–Crippen LogP) is 2.66. The molecule has 1 heterocycles. The van der Waals surface area contributed by atoms with Gasteiger partial charge in [-0.3, -0.25) is 4.79 Å². The lowest BCUT2D eigenvalue weighted by atomic mass is 10.0. The van der Waals surface area contributed by atoms with Gasteiger partial charge in [0.05, 0.1) is 4.90 Å². The van der Waals surface area contributed by atoms with E-state index in [2.05, 4.69) is 0 Å². The number of carboxylic acid groups (broad SMARTS) is 1. The first-order valence-electron chi connectivity index (χ1n) is 6.61. The van der Waals surface area contributed by atoms with Crippen molar-refractivity contribution in [2.75, 3.05) is 0 Å². The number of hydrogen-bond donors (Lipinski definition) is 1. The monoisotopic (exact) mass is 331 g/mol. The molecular weight excluding hydrogens is 314 g/mol. The number of aliphatic carboxylic acids is 1. The Morgan fingerprint density at radius 2 is 2.05 bits per heavy atom. The smallest absolute Gasteiger partial charge is 0.322 e. The number of carbonyl (C=O) groups is 1. The van der Waals surface area contributed by atoms with Gasteiger partial charge >= 0.3 is 5.97 Å². The molecule has 0 aliphatic carbocycles. The van der Waals surface area contributed by atoms with Gasteiger partial charge in [-0.05, 0) is 51.3 Å². The normalized spacial score (nSPS) is 22.4. The zero-order valence-corrected chi connectivity index (χ0v) is 13.7. The largest absolute Gasteiger partial charge is 0.480 e. The van der Waals surface area contributed by atoms with Crippen LogP contribution < -0.4 is 0 Å². The van der Waals surface area contributed by atoms with E-state index in [4.69, 9.17) is 11.6 Å². The molecule has 0 bridgehead atoms. The van der Waals surface area contributed by atoms with E-state index in [1.807, 2.05) is 0 Å². The van der Waals surface area contributed by atoms with Gasteiger partial charge < -0.3 is 5.11 Å². The van der Waals surface area contributed by atoms with Crippen molar-refractivity contribution in [3.8, 4) is 0 Å². The summed E-state index contributed by atoms with van der Waals surface area (Å²) in [5.74, 6) is -1.12. The van der Waals surface area contributed by atoms with E-state index in [0.717, 1.165) is 4.31 Å². The zero-order chi connectivity index (χ0) is 16.0. The van der Waals surface area contributed by atoms with Crippen molar-refractivity contribution in [2.24, 2.45) is 0 Å². The summed E-state index contributed by atoms with van der Waals surface area (Å²) in [5, 5.41) is 9.63. The Kier molecular flexibility index (Phi) is 4.08. The molecule has 1 aromatic carbocycles. The van der Waals surface area contributed by atoms with Crippen molar-refractivity contribution in [1.29, 1.82) is 0 Å². The summed E-state index contributed by atoms with van der Waals surface area (Å²) < 4.78 is 27.0. The SMILES string of the molecule is Cc1ccc(Cl)cc1S(=O)(=O)N1[C@H](C(=O)O)CCC1(C)C. The maximum Gasteiger partial charge on any atom is 0.322 e. The minimum absolute atomic E-state index is 0.0659. The van der Waals surface area contributed by atoms with Gasteiger partial charge in [0.15, 0.2) is 0 Å². The lowest BCUT2D eigenvalue weighted by Crippen LogP contribution is -2.49. The molecular formula is C14H18ClNO4S. The first kappa shape index (κ1) is 16.3. The first-order chi connectivity index (χ1) is 9.57. The highest BCUT2D eigenvalue weighted by Gasteiger charge is 2.50. The van der Waals surface area contributed by atoms with Crippen LogP contribution in [0.4, 0.5) is 0 Å². The van der Waals surface area contributed by atoms with Crippen molar-refractivity contribution in [1.82, 2.24) is 4.31 Å². The number of rotatable bonds is 3. The van der Waals surface area contributed by atoms with Gasteiger partial charge in [-0.25, -0.2) is 8.42 Å². The van der Waals surface area contributed by atoms with E-state index in [1.165, 1.54) is 6.07 Å². The van der Waals surface area contributed by atoms with Crippen LogP contribution in [0.15, 0.2) is 23.1 Å². The molecule has 0 radical (unpaired) electrons. The molecule has 0 saturated carbocycles. The summed E-state index contributed by atoms with van der Waals surface area (Å²) in [7, 11) is -3.93. The van der Waals surface area contributed by atoms with Gasteiger partial charge in [-0.2, -0.15) is 4.31 Å². The molecule has 0 aromatic heterocycles. The molecule has 1 saturated heterocycles. The number of hydrogen-bond acceptors (Lipinski definition) is 3. The molecule has 7 heteroatoms. The van der Waals surface area contributed by atoms with E-state index in [0.29, 0.717) is 23.4 Å². The highest BCUT2D eigenvalue weighted by molar-refractivity contribution is 7.89. The Balaban J connectivity index is 2.61. The number of nitrogens with zero attached hydrogens (tertiary/aromatic N) is 1. The topological polar surface area (TPSA) is 74.7 Å². The zero-order valence-electron chi connectivity index (χ0n) is 12.1. The molecule has 5 nitrogen and oxygen atoms in total. The third kappa shape index (κ3) is 2.80. The van der Waals surface area contributed by atoms with E-state index >= 15 is 0 Å². The van der Waals surface area contributed by atoms with Crippen LogP contribution in [-0.4, -0.2) is 35.4 Å². The number of aryl methyl sites for hydroxylation is 1. The Morgan fingerprint density at radius 1 is 1.43 bits per heavy atom. The number of sulfonamides is 1. The maximum absolute atomic E-state index is 12.9. The molecule has 1 aliphatic rings. The van der Waals surface area contributed by atoms with Gasteiger partial charge in [0.1, 0.15) is 6.04 Å². The second kappa shape index (κ2) is 5.26. The molecule has 1 fully saturated rings. The average molecular weight is 332 g/mol. The van der Waals surface area contributed by atoms with Crippen molar-refractivity contribution in [2.45, 2.75) is 50.1 Å². The predicted molar refractivity (Wildman–Crippen MR) is 80.0 cm³/mol. The van der Waals surface area contributed by atoms with Crippen LogP contribution in [0.3, 0.4) is 0 Å². The van der Waals surface area contributed by atoms with Crippen LogP contribution in [0.5, 0.6) is 0 Å². The highest BCUT2D eigenvalue weighted by atomic mass is 35.5. The Bertz CT molecular complexity index is 684. The van der Waals surface area contributed by atoms with Crippen molar-refractivity contribution in [3.05, 3.63) is 28.8 Å². The molecule has 1 aromatic rings. The standard InChI is InChI=1S/C14H18ClNO4S/c1-9-4-5-10(15)8-12(9)21(19,20)16-11(13(17)18)6-7-14(16,2)3/h4-5,8,11H,6-7H2,1-3H3,(H,17,18)/t11-/m0/s1. The van der Waals surface area contributed by atoms with Crippen molar-refractivity contribution >= 4 is 27.6 Å². The number of benzene rings is 1. The average Bonchev–Trinajstić information content (AvgIpc) is 2.68. The van der Waals surface area contributed by atoms with Crippen LogP contribution in [0.1, 0.15) is 32.3 Å². The van der Waals surface area contributed by atoms with Gasteiger partial charge in [0.25, 0.3) is 0 Å². The second-order valence-corrected chi connectivity index (χ2v) is 8.14. The summed E-state index contributed by atoms with van der Waals surface area (Å²) in [6, 6.07) is 3.57. The molecule has 0 amide bonds. The Labute approximate surface area is 129 Å². The summed E-state index contributed by atoms with van der Waals surface area (Å²) >= 11 is 5.90.